The number of fused-ring (bicyclic) bond motifs is 1. The van der Waals surface area contributed by atoms with Crippen molar-refractivity contribution in [3.63, 3.8) is 0 Å². The quantitative estimate of drug-likeness (QED) is 0.464. The minimum atomic E-state index is -0.320. The van der Waals surface area contributed by atoms with Gasteiger partial charge in [-0.25, -0.2) is 4.98 Å². The summed E-state index contributed by atoms with van der Waals surface area (Å²) in [4.78, 5) is 20.0. The third-order valence-corrected chi connectivity index (χ3v) is 4.30. The van der Waals surface area contributed by atoms with E-state index >= 15 is 0 Å². The molecule has 2 N–H and O–H groups in total. The van der Waals surface area contributed by atoms with Crippen LogP contribution in [0.15, 0.2) is 63.7 Å². The van der Waals surface area contributed by atoms with Gasteiger partial charge in [0, 0.05) is 16.3 Å². The van der Waals surface area contributed by atoms with Crippen LogP contribution in [0.4, 0.5) is 5.69 Å². The average Bonchev–Trinajstić information content (AvgIpc) is 3.21. The fourth-order valence-electron chi connectivity index (χ4n) is 2.49. The molecule has 0 fully saturated rings. The summed E-state index contributed by atoms with van der Waals surface area (Å²) in [6, 6.07) is 16.2. The average molecular weight is 417 g/mol. The van der Waals surface area contributed by atoms with Crippen LogP contribution in [0, 0.1) is 0 Å². The first-order valence-electron chi connectivity index (χ1n) is 7.41. The third-order valence-electron chi connectivity index (χ3n) is 3.63. The molecular formula is C18H11BrClN3O2. The number of nitrogens with one attached hydrogen (secondary N) is 2. The molecule has 0 radical (unpaired) electrons. The topological polar surface area (TPSA) is 70.9 Å². The molecule has 0 aliphatic carbocycles. The summed E-state index contributed by atoms with van der Waals surface area (Å²) in [5, 5.41) is 3.45. The summed E-state index contributed by atoms with van der Waals surface area (Å²) in [6.07, 6.45) is 0. The highest BCUT2D eigenvalue weighted by molar-refractivity contribution is 9.10. The van der Waals surface area contributed by atoms with Crippen LogP contribution in [0.25, 0.3) is 22.4 Å². The summed E-state index contributed by atoms with van der Waals surface area (Å²) in [5.74, 6) is 0.615. The number of aromatic amines is 1. The number of anilines is 1. The Hall–Kier alpha value is -2.57. The molecule has 0 atom stereocenters. The molecule has 2 heterocycles. The van der Waals surface area contributed by atoms with E-state index < -0.39 is 0 Å². The number of H-pyrrole nitrogens is 1. The van der Waals surface area contributed by atoms with Gasteiger partial charge < -0.3 is 14.7 Å². The third kappa shape index (κ3) is 3.31. The van der Waals surface area contributed by atoms with Crippen molar-refractivity contribution in [1.29, 1.82) is 0 Å². The number of carbonyl (C=O) groups is 1. The standard InChI is InChI=1S/C18H11BrClN3O2/c19-16-7-6-15(25-16)18(24)21-12-3-1-2-10(8-12)17-22-13-5-4-11(20)9-14(13)23-17/h1-9H,(H,21,24)(H,22,23). The van der Waals surface area contributed by atoms with E-state index in [1.165, 1.54) is 0 Å². The Kier molecular flexibility index (Phi) is 4.07. The van der Waals surface area contributed by atoms with Gasteiger partial charge in [0.2, 0.25) is 0 Å². The smallest absolute Gasteiger partial charge is 0.291 e. The van der Waals surface area contributed by atoms with Crippen LogP contribution in [0.2, 0.25) is 5.02 Å². The molecule has 124 valence electrons. The number of imidazole rings is 1. The molecule has 1 amide bonds. The molecular weight excluding hydrogens is 406 g/mol. The lowest BCUT2D eigenvalue weighted by atomic mass is 10.2. The molecule has 0 spiro atoms. The van der Waals surface area contributed by atoms with Gasteiger partial charge >= 0.3 is 0 Å². The second-order valence-electron chi connectivity index (χ2n) is 5.39. The lowest BCUT2D eigenvalue weighted by Gasteiger charge is -2.05. The molecule has 0 aliphatic rings. The van der Waals surface area contributed by atoms with Gasteiger partial charge in [0.15, 0.2) is 10.4 Å². The predicted octanol–water partition coefficient (Wildman–Crippen LogP) is 5.49. The fraction of sp³-hybridized carbons (Fsp3) is 0. The molecule has 7 heteroatoms. The number of carbonyl (C=O) groups excluding carboxylic acids is 1. The zero-order valence-electron chi connectivity index (χ0n) is 12.7. The van der Waals surface area contributed by atoms with Crippen molar-refractivity contribution >= 4 is 50.2 Å². The summed E-state index contributed by atoms with van der Waals surface area (Å²) >= 11 is 9.19. The number of benzene rings is 2. The first-order valence-corrected chi connectivity index (χ1v) is 8.58. The number of rotatable bonds is 3. The maximum Gasteiger partial charge on any atom is 0.291 e. The number of aromatic nitrogens is 2. The molecule has 0 bridgehead atoms. The number of nitrogens with zero attached hydrogens (tertiary/aromatic N) is 1. The highest BCUT2D eigenvalue weighted by Crippen LogP contribution is 2.25. The maximum atomic E-state index is 12.2. The van der Waals surface area contributed by atoms with E-state index in [1.807, 2.05) is 30.3 Å². The van der Waals surface area contributed by atoms with E-state index in [1.54, 1.807) is 24.3 Å². The normalized spacial score (nSPS) is 11.0. The summed E-state index contributed by atoms with van der Waals surface area (Å²) in [6.45, 7) is 0. The molecule has 2 aromatic carbocycles. The Morgan fingerprint density at radius 1 is 1.16 bits per heavy atom. The van der Waals surface area contributed by atoms with Crippen molar-refractivity contribution in [2.24, 2.45) is 0 Å². The lowest BCUT2D eigenvalue weighted by Crippen LogP contribution is -2.10. The first-order chi connectivity index (χ1) is 12.1. The summed E-state index contributed by atoms with van der Waals surface area (Å²) in [5.41, 5.74) is 3.19. The molecule has 25 heavy (non-hydrogen) atoms. The Balaban J connectivity index is 1.63. The zero-order chi connectivity index (χ0) is 17.4. The van der Waals surface area contributed by atoms with Gasteiger partial charge in [-0.2, -0.15) is 0 Å². The van der Waals surface area contributed by atoms with Gasteiger partial charge in [-0.1, -0.05) is 23.7 Å². The van der Waals surface area contributed by atoms with Crippen LogP contribution in [-0.4, -0.2) is 15.9 Å². The van der Waals surface area contributed by atoms with Crippen LogP contribution < -0.4 is 5.32 Å². The van der Waals surface area contributed by atoms with Crippen molar-refractivity contribution in [1.82, 2.24) is 9.97 Å². The van der Waals surface area contributed by atoms with Crippen LogP contribution in [0.3, 0.4) is 0 Å². The Morgan fingerprint density at radius 3 is 2.84 bits per heavy atom. The number of furan rings is 1. The van der Waals surface area contributed by atoms with Crippen molar-refractivity contribution in [3.8, 4) is 11.4 Å². The molecule has 4 aromatic rings. The van der Waals surface area contributed by atoms with E-state index in [4.69, 9.17) is 16.0 Å². The van der Waals surface area contributed by atoms with Crippen molar-refractivity contribution < 1.29 is 9.21 Å². The van der Waals surface area contributed by atoms with E-state index in [0.717, 1.165) is 16.6 Å². The molecule has 0 saturated carbocycles. The van der Waals surface area contributed by atoms with Gasteiger partial charge in [0.05, 0.1) is 11.0 Å². The van der Waals surface area contributed by atoms with Crippen molar-refractivity contribution in [2.75, 3.05) is 5.32 Å². The second-order valence-corrected chi connectivity index (χ2v) is 6.60. The van der Waals surface area contributed by atoms with E-state index in [9.17, 15) is 4.79 Å². The van der Waals surface area contributed by atoms with E-state index in [2.05, 4.69) is 31.2 Å². The highest BCUT2D eigenvalue weighted by atomic mass is 79.9. The van der Waals surface area contributed by atoms with Gasteiger partial charge in [-0.3, -0.25) is 4.79 Å². The van der Waals surface area contributed by atoms with Crippen LogP contribution >= 0.6 is 27.5 Å². The van der Waals surface area contributed by atoms with Crippen LogP contribution in [-0.2, 0) is 0 Å². The van der Waals surface area contributed by atoms with Gasteiger partial charge in [0.1, 0.15) is 5.82 Å². The van der Waals surface area contributed by atoms with Gasteiger partial charge in [0.25, 0.3) is 5.91 Å². The second kappa shape index (κ2) is 6.38. The molecule has 0 saturated heterocycles. The monoisotopic (exact) mass is 415 g/mol. The maximum absolute atomic E-state index is 12.2. The zero-order valence-corrected chi connectivity index (χ0v) is 15.1. The number of amides is 1. The fourth-order valence-corrected chi connectivity index (χ4v) is 2.97. The Labute approximate surface area is 156 Å². The molecule has 0 unspecified atom stereocenters. The first kappa shape index (κ1) is 15.9. The summed E-state index contributed by atoms with van der Waals surface area (Å²) in [7, 11) is 0. The van der Waals surface area contributed by atoms with E-state index in [-0.39, 0.29) is 11.7 Å². The highest BCUT2D eigenvalue weighted by Gasteiger charge is 2.12. The Morgan fingerprint density at radius 2 is 2.04 bits per heavy atom. The predicted molar refractivity (Wildman–Crippen MR) is 101 cm³/mol. The van der Waals surface area contributed by atoms with Crippen LogP contribution in [0.1, 0.15) is 10.6 Å². The minimum absolute atomic E-state index is 0.232. The van der Waals surface area contributed by atoms with Gasteiger partial charge in [-0.05, 0) is 58.4 Å². The molecule has 5 nitrogen and oxygen atoms in total. The van der Waals surface area contributed by atoms with E-state index in [0.29, 0.717) is 21.2 Å². The number of halogens is 2. The molecule has 0 aliphatic heterocycles. The number of hydrogen-bond donors (Lipinski definition) is 2. The molecule has 2 aromatic heterocycles. The van der Waals surface area contributed by atoms with Crippen molar-refractivity contribution in [3.05, 3.63) is 70.0 Å². The van der Waals surface area contributed by atoms with Gasteiger partial charge in [-0.15, -0.1) is 0 Å². The Bertz CT molecular complexity index is 1090. The van der Waals surface area contributed by atoms with Crippen molar-refractivity contribution in [2.45, 2.75) is 0 Å². The number of hydrogen-bond acceptors (Lipinski definition) is 3. The largest absolute Gasteiger partial charge is 0.444 e. The molecule has 4 rings (SSSR count). The minimum Gasteiger partial charge on any atom is -0.444 e. The lowest BCUT2D eigenvalue weighted by molar-refractivity contribution is 0.0995. The van der Waals surface area contributed by atoms with Crippen LogP contribution in [0.5, 0.6) is 0 Å². The summed E-state index contributed by atoms with van der Waals surface area (Å²) < 4.78 is 5.76. The SMILES string of the molecule is O=C(Nc1cccc(-c2nc3ccc(Cl)cc3[nH]2)c1)c1ccc(Br)o1.